The van der Waals surface area contributed by atoms with Gasteiger partial charge < -0.3 is 14.4 Å². The summed E-state index contributed by atoms with van der Waals surface area (Å²) in [6, 6.07) is 21.0. The highest BCUT2D eigenvalue weighted by Gasteiger charge is 2.26. The fourth-order valence-corrected chi connectivity index (χ4v) is 3.87. The number of aromatic nitrogens is 2. The van der Waals surface area contributed by atoms with Crippen LogP contribution in [0.5, 0.6) is 11.5 Å². The van der Waals surface area contributed by atoms with Crippen LogP contribution >= 0.6 is 0 Å². The van der Waals surface area contributed by atoms with Crippen LogP contribution in [0.15, 0.2) is 77.6 Å². The molecule has 0 aliphatic carbocycles. The summed E-state index contributed by atoms with van der Waals surface area (Å²) in [5, 5.41) is 0.494. The van der Waals surface area contributed by atoms with E-state index in [2.05, 4.69) is 0 Å². The number of methoxy groups -OCH3 is 1. The molecule has 34 heavy (non-hydrogen) atoms. The van der Waals surface area contributed by atoms with Crippen molar-refractivity contribution in [3.63, 3.8) is 0 Å². The van der Waals surface area contributed by atoms with E-state index in [0.717, 1.165) is 0 Å². The van der Waals surface area contributed by atoms with Crippen LogP contribution in [0, 0.1) is 0 Å². The second kappa shape index (κ2) is 9.79. The average molecular weight is 458 g/mol. The third-order valence-corrected chi connectivity index (χ3v) is 5.82. The minimum absolute atomic E-state index is 0.192. The van der Waals surface area contributed by atoms with Gasteiger partial charge in [0, 0.05) is 12.6 Å². The SMILES string of the molecule is CCOc1ccccc1-n1c(C(C)N(C)C(=O)c2ccc(OC)cc2)nc2ccccc2c1=O. The number of para-hydroxylation sites is 3. The Labute approximate surface area is 198 Å². The molecule has 4 aromatic rings. The van der Waals surface area contributed by atoms with E-state index in [1.54, 1.807) is 60.0 Å². The third kappa shape index (κ3) is 4.24. The molecule has 0 radical (unpaired) electrons. The predicted octanol–water partition coefficient (Wildman–Crippen LogP) is 4.63. The second-order valence-corrected chi connectivity index (χ2v) is 7.85. The Morgan fingerprint density at radius 2 is 1.71 bits per heavy atom. The molecule has 1 unspecified atom stereocenters. The van der Waals surface area contributed by atoms with Crippen molar-refractivity contribution in [1.82, 2.24) is 14.5 Å². The number of nitrogens with zero attached hydrogens (tertiary/aromatic N) is 3. The van der Waals surface area contributed by atoms with Crippen molar-refractivity contribution < 1.29 is 14.3 Å². The van der Waals surface area contributed by atoms with Crippen molar-refractivity contribution >= 4 is 16.8 Å². The van der Waals surface area contributed by atoms with Gasteiger partial charge in [-0.05, 0) is 62.4 Å². The molecular weight excluding hydrogens is 430 g/mol. The smallest absolute Gasteiger partial charge is 0.266 e. The molecule has 0 aliphatic rings. The first kappa shape index (κ1) is 23.0. The summed E-state index contributed by atoms with van der Waals surface area (Å²) in [5.74, 6) is 1.49. The highest BCUT2D eigenvalue weighted by atomic mass is 16.5. The molecule has 4 rings (SSSR count). The zero-order valence-electron chi connectivity index (χ0n) is 19.7. The molecule has 0 saturated heterocycles. The minimum atomic E-state index is -0.512. The van der Waals surface area contributed by atoms with E-state index in [4.69, 9.17) is 14.5 Å². The monoisotopic (exact) mass is 457 g/mol. The van der Waals surface area contributed by atoms with Crippen LogP contribution < -0.4 is 15.0 Å². The van der Waals surface area contributed by atoms with Crippen LogP contribution in [0.4, 0.5) is 0 Å². The third-order valence-electron chi connectivity index (χ3n) is 5.82. The molecular formula is C27H27N3O4. The molecule has 1 aromatic heterocycles. The van der Waals surface area contributed by atoms with Crippen LogP contribution in [0.25, 0.3) is 16.6 Å². The van der Waals surface area contributed by atoms with Gasteiger partial charge in [-0.1, -0.05) is 24.3 Å². The lowest BCUT2D eigenvalue weighted by atomic mass is 10.1. The summed E-state index contributed by atoms with van der Waals surface area (Å²) in [7, 11) is 3.28. The number of hydrogen-bond acceptors (Lipinski definition) is 5. The first-order valence-corrected chi connectivity index (χ1v) is 11.1. The highest BCUT2D eigenvalue weighted by molar-refractivity contribution is 5.94. The summed E-state index contributed by atoms with van der Waals surface area (Å²) in [5.41, 5.74) is 1.45. The summed E-state index contributed by atoms with van der Waals surface area (Å²) in [6.07, 6.45) is 0. The van der Waals surface area contributed by atoms with E-state index in [0.29, 0.717) is 46.1 Å². The molecule has 7 nitrogen and oxygen atoms in total. The Morgan fingerprint density at radius 3 is 2.41 bits per heavy atom. The average Bonchev–Trinajstić information content (AvgIpc) is 2.88. The molecule has 0 N–H and O–H groups in total. The molecule has 7 heteroatoms. The number of hydrogen-bond donors (Lipinski definition) is 0. The van der Waals surface area contributed by atoms with Crippen molar-refractivity contribution in [2.45, 2.75) is 19.9 Å². The van der Waals surface area contributed by atoms with E-state index < -0.39 is 6.04 Å². The Bertz CT molecular complexity index is 1380. The normalized spacial score (nSPS) is 11.8. The molecule has 0 saturated carbocycles. The van der Waals surface area contributed by atoms with E-state index in [-0.39, 0.29) is 11.5 Å². The number of rotatable bonds is 7. The number of amides is 1. The molecule has 3 aromatic carbocycles. The lowest BCUT2D eigenvalue weighted by Crippen LogP contribution is -2.35. The van der Waals surface area contributed by atoms with Gasteiger partial charge in [0.2, 0.25) is 0 Å². The number of ether oxygens (including phenoxy) is 2. The summed E-state index contributed by atoms with van der Waals surface area (Å²) in [4.78, 5) is 33.4. The summed E-state index contributed by atoms with van der Waals surface area (Å²) >= 11 is 0. The van der Waals surface area contributed by atoms with Crippen molar-refractivity contribution in [3.05, 3.63) is 94.5 Å². The molecule has 0 fully saturated rings. The van der Waals surface area contributed by atoms with Gasteiger partial charge >= 0.3 is 0 Å². The fraction of sp³-hybridized carbons (Fsp3) is 0.222. The Balaban J connectivity index is 1.86. The number of fused-ring (bicyclic) bond motifs is 1. The zero-order valence-corrected chi connectivity index (χ0v) is 19.7. The maximum absolute atomic E-state index is 13.7. The van der Waals surface area contributed by atoms with E-state index in [9.17, 15) is 9.59 Å². The lowest BCUT2D eigenvalue weighted by molar-refractivity contribution is 0.0735. The van der Waals surface area contributed by atoms with Crippen LogP contribution in [0.2, 0.25) is 0 Å². The van der Waals surface area contributed by atoms with Crippen molar-refractivity contribution in [2.75, 3.05) is 20.8 Å². The molecule has 1 amide bonds. The zero-order chi connectivity index (χ0) is 24.2. The first-order chi connectivity index (χ1) is 16.5. The van der Waals surface area contributed by atoms with Gasteiger partial charge in [0.15, 0.2) is 0 Å². The molecule has 0 bridgehead atoms. The first-order valence-electron chi connectivity index (χ1n) is 11.1. The Morgan fingerprint density at radius 1 is 1.03 bits per heavy atom. The Hall–Kier alpha value is -4.13. The van der Waals surface area contributed by atoms with Crippen molar-refractivity contribution in [3.8, 4) is 17.2 Å². The number of carbonyl (C=O) groups is 1. The topological polar surface area (TPSA) is 73.7 Å². The quantitative estimate of drug-likeness (QED) is 0.405. The van der Waals surface area contributed by atoms with E-state index >= 15 is 0 Å². The van der Waals surface area contributed by atoms with E-state index in [1.807, 2.05) is 50.2 Å². The predicted molar refractivity (Wildman–Crippen MR) is 132 cm³/mol. The summed E-state index contributed by atoms with van der Waals surface area (Å²) < 4.78 is 12.6. The van der Waals surface area contributed by atoms with Gasteiger partial charge in [-0.2, -0.15) is 0 Å². The largest absolute Gasteiger partial charge is 0.497 e. The van der Waals surface area contributed by atoms with Crippen molar-refractivity contribution in [1.29, 1.82) is 0 Å². The van der Waals surface area contributed by atoms with Crippen LogP contribution in [0.3, 0.4) is 0 Å². The van der Waals surface area contributed by atoms with Crippen molar-refractivity contribution in [2.24, 2.45) is 0 Å². The van der Waals surface area contributed by atoms with E-state index in [1.165, 1.54) is 0 Å². The Kier molecular flexibility index (Phi) is 6.63. The second-order valence-electron chi connectivity index (χ2n) is 7.85. The van der Waals surface area contributed by atoms with Crippen LogP contribution in [-0.2, 0) is 0 Å². The van der Waals surface area contributed by atoms with Gasteiger partial charge in [0.25, 0.3) is 11.5 Å². The standard InChI is InChI=1S/C27H27N3O4/c1-5-34-24-13-9-8-12-23(24)30-25(28-22-11-7-6-10-21(22)27(30)32)18(2)29(3)26(31)19-14-16-20(33-4)17-15-19/h6-18H,5H2,1-4H3. The minimum Gasteiger partial charge on any atom is -0.497 e. The lowest BCUT2D eigenvalue weighted by Gasteiger charge is -2.27. The summed E-state index contributed by atoms with van der Waals surface area (Å²) in [6.45, 7) is 4.20. The molecule has 1 heterocycles. The fourth-order valence-electron chi connectivity index (χ4n) is 3.87. The molecule has 0 spiro atoms. The maximum atomic E-state index is 13.7. The van der Waals surface area contributed by atoms with Gasteiger partial charge in [0.1, 0.15) is 17.3 Å². The number of carbonyl (C=O) groups excluding carboxylic acids is 1. The van der Waals surface area contributed by atoms with Gasteiger partial charge in [-0.15, -0.1) is 0 Å². The molecule has 174 valence electrons. The molecule has 1 atom stereocenters. The maximum Gasteiger partial charge on any atom is 0.266 e. The van der Waals surface area contributed by atoms with Gasteiger partial charge in [-0.25, -0.2) is 4.98 Å². The van der Waals surface area contributed by atoms with Crippen LogP contribution in [0.1, 0.15) is 36.1 Å². The van der Waals surface area contributed by atoms with Crippen LogP contribution in [-0.4, -0.2) is 41.1 Å². The molecule has 0 aliphatic heterocycles. The van der Waals surface area contributed by atoms with Gasteiger partial charge in [0.05, 0.1) is 36.3 Å². The highest BCUT2D eigenvalue weighted by Crippen LogP contribution is 2.28. The number of benzene rings is 3. The van der Waals surface area contributed by atoms with Gasteiger partial charge in [-0.3, -0.25) is 14.2 Å².